The van der Waals surface area contributed by atoms with Gasteiger partial charge in [-0.25, -0.2) is 4.79 Å². The fourth-order valence-electron chi connectivity index (χ4n) is 2.29. The molecular weight excluding hydrogens is 328 g/mol. The van der Waals surface area contributed by atoms with Crippen LogP contribution in [0.5, 0.6) is 0 Å². The molecule has 5 nitrogen and oxygen atoms in total. The molecule has 26 heavy (non-hydrogen) atoms. The molecule has 0 aliphatic heterocycles. The Balaban J connectivity index is 1.85. The highest BCUT2D eigenvalue weighted by Crippen LogP contribution is 2.18. The van der Waals surface area contributed by atoms with E-state index in [0.29, 0.717) is 5.56 Å². The number of ether oxygens (including phenoxy) is 1. The van der Waals surface area contributed by atoms with Gasteiger partial charge in [0.1, 0.15) is 0 Å². The molecule has 0 N–H and O–H groups in total. The monoisotopic (exact) mass is 348 g/mol. The number of esters is 1. The highest BCUT2D eigenvalue weighted by molar-refractivity contribution is 5.89. The van der Waals surface area contributed by atoms with E-state index in [1.165, 1.54) is 6.08 Å². The zero-order valence-corrected chi connectivity index (χ0v) is 14.8. The minimum atomic E-state index is -0.594. The van der Waals surface area contributed by atoms with Crippen molar-refractivity contribution < 1.29 is 14.3 Å². The predicted molar refractivity (Wildman–Crippen MR) is 98.8 cm³/mol. The third-order valence-electron chi connectivity index (χ3n) is 4.05. The summed E-state index contributed by atoms with van der Waals surface area (Å²) in [5.74, 6) is -0.870. The summed E-state index contributed by atoms with van der Waals surface area (Å²) in [4.78, 5) is 25.5. The molecule has 0 aliphatic carbocycles. The van der Waals surface area contributed by atoms with Crippen molar-refractivity contribution in [2.24, 2.45) is 0 Å². The molecular formula is C21H20N2O3. The van der Waals surface area contributed by atoms with Gasteiger partial charge in [0.15, 0.2) is 6.61 Å². The molecule has 0 spiro atoms. The first-order chi connectivity index (χ1) is 12.5. The molecule has 0 saturated heterocycles. The molecule has 0 aromatic heterocycles. The van der Waals surface area contributed by atoms with Gasteiger partial charge in [-0.15, -0.1) is 0 Å². The van der Waals surface area contributed by atoms with Crippen molar-refractivity contribution in [2.75, 3.05) is 13.7 Å². The van der Waals surface area contributed by atoms with Crippen LogP contribution in [0.15, 0.2) is 60.7 Å². The number of hydrogen-bond acceptors (Lipinski definition) is 4. The fourth-order valence-corrected chi connectivity index (χ4v) is 2.29. The van der Waals surface area contributed by atoms with Crippen molar-refractivity contribution in [3.05, 3.63) is 77.4 Å². The summed E-state index contributed by atoms with van der Waals surface area (Å²) >= 11 is 0. The Hall–Kier alpha value is -3.39. The lowest BCUT2D eigenvalue weighted by Crippen LogP contribution is -2.33. The van der Waals surface area contributed by atoms with Crippen LogP contribution in [0.2, 0.25) is 0 Å². The number of benzene rings is 2. The maximum atomic E-state index is 12.2. The molecule has 0 unspecified atom stereocenters. The zero-order valence-electron chi connectivity index (χ0n) is 14.8. The first kappa shape index (κ1) is 18.9. The maximum Gasteiger partial charge on any atom is 0.331 e. The molecule has 0 radical (unpaired) electrons. The fraction of sp³-hybridized carbons (Fsp3) is 0.190. The number of likely N-dealkylation sites (N-methyl/N-ethyl adjacent to an activating group) is 1. The Labute approximate surface area is 153 Å². The normalized spacial score (nSPS) is 11.6. The van der Waals surface area contributed by atoms with Gasteiger partial charge in [0.05, 0.1) is 17.7 Å². The molecule has 0 bridgehead atoms. The molecule has 5 heteroatoms. The Bertz CT molecular complexity index is 821. The lowest BCUT2D eigenvalue weighted by atomic mass is 10.1. The molecule has 2 aromatic rings. The van der Waals surface area contributed by atoms with Gasteiger partial charge in [-0.2, -0.15) is 5.26 Å². The van der Waals surface area contributed by atoms with E-state index in [9.17, 15) is 9.59 Å². The average Bonchev–Trinajstić information content (AvgIpc) is 2.70. The number of nitrogens with zero attached hydrogens (tertiary/aromatic N) is 2. The van der Waals surface area contributed by atoms with Crippen molar-refractivity contribution in [3.8, 4) is 6.07 Å². The van der Waals surface area contributed by atoms with E-state index in [1.807, 2.05) is 43.3 Å². The van der Waals surface area contributed by atoms with E-state index in [2.05, 4.69) is 0 Å². The van der Waals surface area contributed by atoms with Crippen molar-refractivity contribution >= 4 is 18.0 Å². The van der Waals surface area contributed by atoms with Crippen LogP contribution in [0, 0.1) is 11.3 Å². The van der Waals surface area contributed by atoms with Gasteiger partial charge < -0.3 is 9.64 Å². The first-order valence-electron chi connectivity index (χ1n) is 8.17. The topological polar surface area (TPSA) is 70.4 Å². The number of nitriles is 1. The Morgan fingerprint density at radius 1 is 1.15 bits per heavy atom. The molecule has 2 aromatic carbocycles. The molecule has 0 saturated carbocycles. The zero-order chi connectivity index (χ0) is 18.9. The van der Waals surface area contributed by atoms with Crippen molar-refractivity contribution in [1.29, 1.82) is 5.26 Å². The summed E-state index contributed by atoms with van der Waals surface area (Å²) in [6.07, 6.45) is 2.83. The van der Waals surface area contributed by atoms with E-state index >= 15 is 0 Å². The van der Waals surface area contributed by atoms with Gasteiger partial charge >= 0.3 is 5.97 Å². The third kappa shape index (κ3) is 5.32. The van der Waals surface area contributed by atoms with E-state index in [4.69, 9.17) is 10.00 Å². The van der Waals surface area contributed by atoms with Crippen LogP contribution >= 0.6 is 0 Å². The van der Waals surface area contributed by atoms with Crippen LogP contribution in [0.4, 0.5) is 0 Å². The molecule has 1 atom stereocenters. The quantitative estimate of drug-likeness (QED) is 0.593. The number of carbonyl (C=O) groups excluding carboxylic acids is 2. The lowest BCUT2D eigenvalue weighted by molar-refractivity contribution is -0.148. The Morgan fingerprint density at radius 2 is 1.81 bits per heavy atom. The van der Waals surface area contributed by atoms with Crippen LogP contribution < -0.4 is 0 Å². The van der Waals surface area contributed by atoms with Gasteiger partial charge in [-0.3, -0.25) is 4.79 Å². The SMILES string of the molecule is C[C@@H](c1ccccc1)N(C)C(=O)COC(=O)/C=C/c1ccc(C#N)cc1. The number of carbonyl (C=O) groups is 2. The minimum Gasteiger partial charge on any atom is -0.452 e. The second-order valence-corrected chi connectivity index (χ2v) is 5.77. The van der Waals surface area contributed by atoms with Gasteiger partial charge in [-0.05, 0) is 36.3 Å². The van der Waals surface area contributed by atoms with E-state index < -0.39 is 5.97 Å². The molecule has 0 fully saturated rings. The molecule has 0 aliphatic rings. The molecule has 0 heterocycles. The Kier molecular flexibility index (Phi) is 6.69. The summed E-state index contributed by atoms with van der Waals surface area (Å²) in [6, 6.07) is 18.3. The van der Waals surface area contributed by atoms with Gasteiger partial charge in [0.2, 0.25) is 0 Å². The van der Waals surface area contributed by atoms with Gasteiger partial charge in [0, 0.05) is 13.1 Å². The highest BCUT2D eigenvalue weighted by atomic mass is 16.5. The van der Waals surface area contributed by atoms with E-state index in [0.717, 1.165) is 11.1 Å². The van der Waals surface area contributed by atoms with Crippen molar-refractivity contribution in [3.63, 3.8) is 0 Å². The van der Waals surface area contributed by atoms with Gasteiger partial charge in [0.25, 0.3) is 5.91 Å². The number of rotatable bonds is 6. The second-order valence-electron chi connectivity index (χ2n) is 5.77. The van der Waals surface area contributed by atoms with E-state index in [1.54, 1.807) is 42.3 Å². The number of amides is 1. The summed E-state index contributed by atoms with van der Waals surface area (Å²) in [6.45, 7) is 1.60. The summed E-state index contributed by atoms with van der Waals surface area (Å²) in [5, 5.41) is 8.75. The Morgan fingerprint density at radius 3 is 2.42 bits per heavy atom. The molecule has 2 rings (SSSR count). The van der Waals surface area contributed by atoms with Crippen molar-refractivity contribution in [2.45, 2.75) is 13.0 Å². The van der Waals surface area contributed by atoms with E-state index in [-0.39, 0.29) is 18.6 Å². The molecule has 1 amide bonds. The van der Waals surface area contributed by atoms with Crippen LogP contribution in [-0.2, 0) is 14.3 Å². The lowest BCUT2D eigenvalue weighted by Gasteiger charge is -2.25. The smallest absolute Gasteiger partial charge is 0.331 e. The summed E-state index contributed by atoms with van der Waals surface area (Å²) in [7, 11) is 1.68. The minimum absolute atomic E-state index is 0.114. The summed E-state index contributed by atoms with van der Waals surface area (Å²) < 4.78 is 5.01. The van der Waals surface area contributed by atoms with Crippen molar-refractivity contribution in [1.82, 2.24) is 4.90 Å². The van der Waals surface area contributed by atoms with Crippen LogP contribution in [0.25, 0.3) is 6.08 Å². The predicted octanol–water partition coefficient (Wildman–Crippen LogP) is 3.33. The largest absolute Gasteiger partial charge is 0.452 e. The number of hydrogen-bond donors (Lipinski definition) is 0. The standard InChI is InChI=1S/C21H20N2O3/c1-16(19-6-4-3-5-7-19)23(2)20(24)15-26-21(25)13-12-17-8-10-18(14-22)11-9-17/h3-13,16H,15H2,1-2H3/b13-12+/t16-/m0/s1. The average molecular weight is 348 g/mol. The molecule has 132 valence electrons. The van der Waals surface area contributed by atoms with Crippen LogP contribution in [-0.4, -0.2) is 30.4 Å². The summed E-state index contributed by atoms with van der Waals surface area (Å²) in [5.41, 5.74) is 2.32. The first-order valence-corrected chi connectivity index (χ1v) is 8.17. The van der Waals surface area contributed by atoms with Gasteiger partial charge in [-0.1, -0.05) is 42.5 Å². The second kappa shape index (κ2) is 9.19. The van der Waals surface area contributed by atoms with Crippen LogP contribution in [0.1, 0.15) is 29.7 Å². The maximum absolute atomic E-state index is 12.2. The van der Waals surface area contributed by atoms with Crippen LogP contribution in [0.3, 0.4) is 0 Å². The third-order valence-corrected chi connectivity index (χ3v) is 4.05. The highest BCUT2D eigenvalue weighted by Gasteiger charge is 2.18.